The van der Waals surface area contributed by atoms with Gasteiger partial charge in [0, 0.05) is 42.4 Å². The summed E-state index contributed by atoms with van der Waals surface area (Å²) < 4.78 is 0. The van der Waals surface area contributed by atoms with E-state index in [4.69, 9.17) is 16.6 Å². The van der Waals surface area contributed by atoms with Crippen LogP contribution in [0.15, 0.2) is 60.0 Å². The molecule has 0 fully saturated rings. The number of nitrogen functional groups attached to an aromatic ring is 1. The number of anilines is 1. The van der Waals surface area contributed by atoms with Gasteiger partial charge in [-0.3, -0.25) is 43.7 Å². The first-order chi connectivity index (χ1) is 29.8. The lowest BCUT2D eigenvalue weighted by molar-refractivity contribution is -0.385. The van der Waals surface area contributed by atoms with Crippen molar-refractivity contribution in [2.75, 3.05) is 12.3 Å². The molecule has 6 amide bonds. The van der Waals surface area contributed by atoms with Crippen molar-refractivity contribution in [1.82, 2.24) is 31.9 Å². The number of rotatable bonds is 26. The van der Waals surface area contributed by atoms with Gasteiger partial charge in [0.2, 0.25) is 35.4 Å². The molecule has 63 heavy (non-hydrogen) atoms. The summed E-state index contributed by atoms with van der Waals surface area (Å²) in [5.74, 6) is -6.93. The first-order valence-corrected chi connectivity index (χ1v) is 21.2. The second-order valence-corrected chi connectivity index (χ2v) is 16.5. The van der Waals surface area contributed by atoms with Gasteiger partial charge in [-0.05, 0) is 59.4 Å². The Balaban J connectivity index is 1.80. The maximum absolute atomic E-state index is 14.0. The molecule has 2 aromatic carbocycles. The monoisotopic (exact) mass is 895 g/mol. The number of carbonyl (C=O) groups excluding carboxylic acids is 6. The number of hydrogen-bond acceptors (Lipinski definition) is 13. The summed E-state index contributed by atoms with van der Waals surface area (Å²) in [6.45, 7) is 7.19. The van der Waals surface area contributed by atoms with E-state index in [2.05, 4.69) is 31.9 Å². The first kappa shape index (κ1) is 50.7. The Hall–Kier alpha value is -6.61. The molecule has 6 atom stereocenters. The molecular weight excluding hydrogens is 839 g/mol. The van der Waals surface area contributed by atoms with E-state index in [0.717, 1.165) is 22.6 Å². The van der Waals surface area contributed by atoms with Gasteiger partial charge in [0.15, 0.2) is 5.75 Å². The minimum absolute atomic E-state index is 0.0181. The van der Waals surface area contributed by atoms with Gasteiger partial charge in [0.1, 0.15) is 24.2 Å². The highest BCUT2D eigenvalue weighted by molar-refractivity contribution is 7.09. The number of thiophene rings is 1. The molecule has 0 radical (unpaired) electrons. The van der Waals surface area contributed by atoms with Crippen molar-refractivity contribution >= 4 is 64.1 Å². The van der Waals surface area contributed by atoms with Gasteiger partial charge in [-0.15, -0.1) is 11.3 Å². The minimum Gasteiger partial charge on any atom is -0.502 e. The Kier molecular flexibility index (Phi) is 19.9. The number of carboxylic acid groups (broad SMARTS) is 1. The van der Waals surface area contributed by atoms with Crippen LogP contribution in [0, 0.1) is 22.0 Å². The number of nitrogens with one attached hydrogen (secondary N) is 6. The Morgan fingerprint density at radius 3 is 2.08 bits per heavy atom. The van der Waals surface area contributed by atoms with Crippen molar-refractivity contribution in [2.24, 2.45) is 17.6 Å². The minimum atomic E-state index is -1.55. The predicted molar refractivity (Wildman–Crippen MR) is 234 cm³/mol. The number of amides is 6. The summed E-state index contributed by atoms with van der Waals surface area (Å²) in [5.41, 5.74) is 12.3. The van der Waals surface area contributed by atoms with Crippen molar-refractivity contribution in [3.8, 4) is 5.75 Å². The number of nitro groups is 1. The number of primary amides is 1. The fourth-order valence-electron chi connectivity index (χ4n) is 6.43. The maximum atomic E-state index is 14.0. The fourth-order valence-corrected chi connectivity index (χ4v) is 7.18. The van der Waals surface area contributed by atoms with Crippen molar-refractivity contribution < 1.29 is 48.7 Å². The lowest BCUT2D eigenvalue weighted by Gasteiger charge is -2.28. The van der Waals surface area contributed by atoms with E-state index >= 15 is 0 Å². The van der Waals surface area contributed by atoms with Gasteiger partial charge >= 0.3 is 11.7 Å². The number of nitrogens with zero attached hydrogens (tertiary/aromatic N) is 1. The number of nitro benzene ring substituents is 1. The molecule has 0 aliphatic heterocycles. The van der Waals surface area contributed by atoms with Crippen LogP contribution in [0.2, 0.25) is 0 Å². The van der Waals surface area contributed by atoms with Crippen LogP contribution in [-0.4, -0.2) is 93.3 Å². The molecule has 0 saturated carbocycles. The van der Waals surface area contributed by atoms with Crippen LogP contribution in [0.3, 0.4) is 0 Å². The van der Waals surface area contributed by atoms with E-state index in [1.807, 2.05) is 45.9 Å². The van der Waals surface area contributed by atoms with E-state index in [-0.39, 0.29) is 36.7 Å². The van der Waals surface area contributed by atoms with E-state index < -0.39 is 107 Å². The quantitative estimate of drug-likeness (QED) is 0.0310. The second-order valence-electron chi connectivity index (χ2n) is 15.5. The number of para-hydroxylation sites is 1. The summed E-state index contributed by atoms with van der Waals surface area (Å²) in [6.07, 6.45) is -0.425. The largest absolute Gasteiger partial charge is 0.502 e. The van der Waals surface area contributed by atoms with Gasteiger partial charge in [-0.2, -0.15) is 0 Å². The third kappa shape index (κ3) is 16.6. The van der Waals surface area contributed by atoms with Gasteiger partial charge in [0.05, 0.1) is 17.5 Å². The molecule has 1 heterocycles. The lowest BCUT2D eigenvalue weighted by Crippen LogP contribution is -2.58. The van der Waals surface area contributed by atoms with Crippen LogP contribution in [0.5, 0.6) is 5.75 Å². The highest BCUT2D eigenvalue weighted by atomic mass is 32.1. The molecule has 0 bridgehead atoms. The standard InChI is InChI=1S/C42H57N9O11S/c1-5-24(4)37(45-21-26-9-6-7-11-28(26)43)42(60)50-30(17-23(2)3)40(58)49-32(20-27-10-8-16-63-27)39(57)46-22-35(53)47-31(18-25-12-14-34(52)33(19-25)51(61)62)41(59)48-29(38(44)56)13-15-36(54)55/h6-12,14,16,19,23-24,29-32,37,45,52H,5,13,15,17-18,20-22,43H2,1-4H3,(H2,44,56)(H,46,57)(H,47,53)(H,48,59)(H,49,58)(H,50,60)(H,54,55)/t24-,29-,30-,31-,32-,37-/m0/s1. The number of carbonyl (C=O) groups is 7. The van der Waals surface area contributed by atoms with Gasteiger partial charge in [0.25, 0.3) is 0 Å². The number of phenolic OH excluding ortho intramolecular Hbond substituents is 1. The van der Waals surface area contributed by atoms with Crippen molar-refractivity contribution in [3.05, 3.63) is 86.1 Å². The van der Waals surface area contributed by atoms with E-state index in [0.29, 0.717) is 18.7 Å². The summed E-state index contributed by atoms with van der Waals surface area (Å²) >= 11 is 1.33. The third-order valence-electron chi connectivity index (χ3n) is 10.1. The SMILES string of the molecule is CC[C@H](C)[C@H](NCc1ccccc1N)C(=O)N[C@@H](CC(C)C)C(=O)N[C@@H](Cc1cccs1)C(=O)NCC(=O)N[C@@H](Cc1ccc(O)c([N+](=O)[O-])c1)C(=O)N[C@@H](CCC(=O)O)C(N)=O. The summed E-state index contributed by atoms with van der Waals surface area (Å²) in [6, 6.07) is 8.05. The molecule has 0 saturated heterocycles. The topological polar surface area (TPSA) is 327 Å². The van der Waals surface area contributed by atoms with E-state index in [1.54, 1.807) is 23.6 Å². The number of benzene rings is 2. The molecule has 0 aliphatic rings. The molecule has 0 aliphatic carbocycles. The van der Waals surface area contributed by atoms with Crippen LogP contribution < -0.4 is 43.4 Å². The molecule has 0 unspecified atom stereocenters. The van der Waals surface area contributed by atoms with Crippen molar-refractivity contribution in [1.29, 1.82) is 0 Å². The zero-order valence-electron chi connectivity index (χ0n) is 35.6. The number of carboxylic acids is 1. The normalized spacial score (nSPS) is 13.9. The highest BCUT2D eigenvalue weighted by Gasteiger charge is 2.32. The number of phenols is 1. The predicted octanol–water partition coefficient (Wildman–Crippen LogP) is 1.39. The van der Waals surface area contributed by atoms with Crippen LogP contribution in [-0.2, 0) is 52.9 Å². The van der Waals surface area contributed by atoms with Crippen LogP contribution in [0.4, 0.5) is 11.4 Å². The molecule has 0 spiro atoms. The molecule has 342 valence electrons. The van der Waals surface area contributed by atoms with Gasteiger partial charge in [-0.1, -0.05) is 64.4 Å². The van der Waals surface area contributed by atoms with Gasteiger partial charge in [-0.25, -0.2) is 0 Å². The Bertz CT molecular complexity index is 2080. The second kappa shape index (κ2) is 24.7. The fraction of sp³-hybridized carbons (Fsp3) is 0.452. The molecule has 21 heteroatoms. The summed E-state index contributed by atoms with van der Waals surface area (Å²) in [4.78, 5) is 103. The van der Waals surface area contributed by atoms with Crippen LogP contribution >= 0.6 is 11.3 Å². The molecule has 20 nitrogen and oxygen atoms in total. The molecule has 3 rings (SSSR count). The first-order valence-electron chi connectivity index (χ1n) is 20.3. The van der Waals surface area contributed by atoms with E-state index in [1.165, 1.54) is 17.4 Å². The van der Waals surface area contributed by atoms with Crippen LogP contribution in [0.25, 0.3) is 0 Å². The van der Waals surface area contributed by atoms with Gasteiger partial charge < -0.3 is 53.6 Å². The number of aliphatic carboxylic acids is 1. The Morgan fingerprint density at radius 1 is 0.825 bits per heavy atom. The molecule has 1 aromatic heterocycles. The zero-order valence-corrected chi connectivity index (χ0v) is 36.4. The van der Waals surface area contributed by atoms with Crippen molar-refractivity contribution in [2.45, 2.75) is 103 Å². The Labute approximate surface area is 368 Å². The Morgan fingerprint density at radius 2 is 1.48 bits per heavy atom. The lowest BCUT2D eigenvalue weighted by atomic mass is 9.96. The zero-order chi connectivity index (χ0) is 46.8. The molecule has 12 N–H and O–H groups in total. The number of aromatic hydroxyl groups is 1. The third-order valence-corrected chi connectivity index (χ3v) is 11.0. The number of hydrogen-bond donors (Lipinski definition) is 10. The smallest absolute Gasteiger partial charge is 0.310 e. The average molecular weight is 896 g/mol. The highest BCUT2D eigenvalue weighted by Crippen LogP contribution is 2.27. The average Bonchev–Trinajstić information content (AvgIpc) is 3.74. The van der Waals surface area contributed by atoms with Crippen molar-refractivity contribution in [3.63, 3.8) is 0 Å². The van der Waals surface area contributed by atoms with Crippen LogP contribution in [0.1, 0.15) is 69.4 Å². The van der Waals surface area contributed by atoms with E-state index in [9.17, 15) is 48.8 Å². The summed E-state index contributed by atoms with van der Waals surface area (Å²) in [7, 11) is 0. The summed E-state index contributed by atoms with van der Waals surface area (Å²) in [5, 5.41) is 48.3. The molecular formula is C42H57N9O11S. The molecule has 3 aromatic rings. The maximum Gasteiger partial charge on any atom is 0.310 e. The number of nitrogens with two attached hydrogens (primary N) is 2.